The number of carbonyl (C=O) groups is 2. The number of halogens is 1. The van der Waals surface area contributed by atoms with Crippen molar-refractivity contribution in [3.63, 3.8) is 0 Å². The van der Waals surface area contributed by atoms with Crippen molar-refractivity contribution in [2.75, 3.05) is 6.61 Å². The molecule has 0 N–H and O–H groups in total. The van der Waals surface area contributed by atoms with E-state index < -0.39 is 17.7 Å². The fraction of sp³-hybridized carbons (Fsp3) is 0.296. The first-order valence-corrected chi connectivity index (χ1v) is 11.9. The van der Waals surface area contributed by atoms with Gasteiger partial charge >= 0.3 is 5.97 Å². The van der Waals surface area contributed by atoms with Gasteiger partial charge in [-0.1, -0.05) is 31.9 Å². The Morgan fingerprint density at radius 2 is 1.89 bits per heavy atom. The monoisotopic (exact) mass is 490 g/mol. The third-order valence-electron chi connectivity index (χ3n) is 5.86. The predicted molar refractivity (Wildman–Crippen MR) is 133 cm³/mol. The van der Waals surface area contributed by atoms with Gasteiger partial charge in [0.15, 0.2) is 5.49 Å². The molecule has 0 saturated heterocycles. The number of ether oxygens (including phenoxy) is 1. The van der Waals surface area contributed by atoms with Gasteiger partial charge in [0.25, 0.3) is 11.5 Å². The molecule has 0 bridgehead atoms. The standard InChI is InChI=1S/C27H27FN4O4/c1-4-6-7-13-31-23-20(26(34)32-14-9-10-17(3)22(32)29-23)16-21(27(35)36-5-2)24(31)30-25(33)18-11-8-12-19(28)15-18/h8-12,14-16H,4-7,13H2,1-3H3. The van der Waals surface area contributed by atoms with E-state index in [1.54, 1.807) is 23.8 Å². The van der Waals surface area contributed by atoms with Crippen molar-refractivity contribution in [2.45, 2.75) is 46.6 Å². The first kappa shape index (κ1) is 25.0. The summed E-state index contributed by atoms with van der Waals surface area (Å²) in [7, 11) is 0. The van der Waals surface area contributed by atoms with Gasteiger partial charge in [-0.2, -0.15) is 4.99 Å². The number of unbranched alkanes of at least 4 members (excludes halogenated alkanes) is 2. The first-order valence-electron chi connectivity index (χ1n) is 11.9. The predicted octanol–water partition coefficient (Wildman–Crippen LogP) is 4.20. The van der Waals surface area contributed by atoms with Crippen LogP contribution in [0.5, 0.6) is 0 Å². The summed E-state index contributed by atoms with van der Waals surface area (Å²) in [6, 6.07) is 10.2. The van der Waals surface area contributed by atoms with Crippen LogP contribution >= 0.6 is 0 Å². The zero-order valence-corrected chi connectivity index (χ0v) is 20.5. The van der Waals surface area contributed by atoms with Crippen molar-refractivity contribution in [3.8, 4) is 0 Å². The topological polar surface area (TPSA) is 95.0 Å². The van der Waals surface area contributed by atoms with Gasteiger partial charge in [-0.3, -0.25) is 14.0 Å². The maximum absolute atomic E-state index is 13.8. The summed E-state index contributed by atoms with van der Waals surface area (Å²) >= 11 is 0. The van der Waals surface area contributed by atoms with Crippen LogP contribution in [0.1, 0.15) is 59.4 Å². The van der Waals surface area contributed by atoms with Gasteiger partial charge in [0.1, 0.15) is 22.7 Å². The molecule has 0 aliphatic rings. The first-order chi connectivity index (χ1) is 17.3. The summed E-state index contributed by atoms with van der Waals surface area (Å²) in [5.41, 5.74) is 1.24. The molecule has 36 heavy (non-hydrogen) atoms. The Morgan fingerprint density at radius 1 is 1.08 bits per heavy atom. The van der Waals surface area contributed by atoms with Crippen molar-refractivity contribution in [1.29, 1.82) is 0 Å². The minimum atomic E-state index is -0.725. The number of rotatable bonds is 7. The van der Waals surface area contributed by atoms with Gasteiger partial charge in [0, 0.05) is 18.3 Å². The minimum Gasteiger partial charge on any atom is -0.462 e. The van der Waals surface area contributed by atoms with E-state index in [0.29, 0.717) is 24.3 Å². The molecule has 0 fully saturated rings. The van der Waals surface area contributed by atoms with Gasteiger partial charge < -0.3 is 9.30 Å². The normalized spacial score (nSPS) is 11.8. The number of hydrogen-bond donors (Lipinski definition) is 0. The van der Waals surface area contributed by atoms with Crippen LogP contribution in [0.4, 0.5) is 4.39 Å². The molecule has 0 atom stereocenters. The zero-order valence-electron chi connectivity index (χ0n) is 20.5. The van der Waals surface area contributed by atoms with Crippen molar-refractivity contribution in [1.82, 2.24) is 14.0 Å². The highest BCUT2D eigenvalue weighted by molar-refractivity contribution is 5.97. The van der Waals surface area contributed by atoms with E-state index >= 15 is 0 Å². The highest BCUT2D eigenvalue weighted by Crippen LogP contribution is 2.15. The van der Waals surface area contributed by atoms with Crippen molar-refractivity contribution in [2.24, 2.45) is 4.99 Å². The molecule has 0 spiro atoms. The van der Waals surface area contributed by atoms with E-state index in [9.17, 15) is 18.8 Å². The molecule has 0 aliphatic carbocycles. The molecule has 1 aromatic carbocycles. The molecule has 9 heteroatoms. The Kier molecular flexibility index (Phi) is 7.38. The summed E-state index contributed by atoms with van der Waals surface area (Å²) in [5.74, 6) is -2.02. The lowest BCUT2D eigenvalue weighted by molar-refractivity contribution is 0.0523. The smallest absolute Gasteiger partial charge is 0.341 e. The summed E-state index contributed by atoms with van der Waals surface area (Å²) in [4.78, 5) is 48.5. The van der Waals surface area contributed by atoms with Gasteiger partial charge in [-0.15, -0.1) is 0 Å². The fourth-order valence-electron chi connectivity index (χ4n) is 4.08. The molecule has 4 aromatic rings. The van der Waals surface area contributed by atoms with E-state index in [1.807, 2.05) is 13.0 Å². The zero-order chi connectivity index (χ0) is 25.8. The summed E-state index contributed by atoms with van der Waals surface area (Å²) < 4.78 is 22.1. The van der Waals surface area contributed by atoms with Crippen LogP contribution in [0.15, 0.2) is 58.4 Å². The van der Waals surface area contributed by atoms with Gasteiger partial charge in [-0.05, 0) is 56.2 Å². The van der Waals surface area contributed by atoms with Crippen LogP contribution in [-0.4, -0.2) is 32.4 Å². The lowest BCUT2D eigenvalue weighted by Crippen LogP contribution is -2.33. The minimum absolute atomic E-state index is 0.0242. The number of amides is 1. The van der Waals surface area contributed by atoms with Gasteiger partial charge in [0.05, 0.1) is 12.0 Å². The number of fused-ring (bicyclic) bond motifs is 2. The van der Waals surface area contributed by atoms with Crippen LogP contribution in [0.2, 0.25) is 0 Å². The fourth-order valence-corrected chi connectivity index (χ4v) is 4.08. The van der Waals surface area contributed by atoms with Crippen LogP contribution in [0.25, 0.3) is 16.7 Å². The van der Waals surface area contributed by atoms with Gasteiger partial charge in [-0.25, -0.2) is 14.2 Å². The molecule has 4 rings (SSSR count). The third kappa shape index (κ3) is 4.82. The maximum atomic E-state index is 13.8. The molecular weight excluding hydrogens is 463 g/mol. The van der Waals surface area contributed by atoms with Gasteiger partial charge in [0.2, 0.25) is 0 Å². The molecular formula is C27H27FN4O4. The van der Waals surface area contributed by atoms with E-state index in [4.69, 9.17) is 9.72 Å². The van der Waals surface area contributed by atoms with Crippen molar-refractivity contribution in [3.05, 3.63) is 87.0 Å². The average Bonchev–Trinajstić information content (AvgIpc) is 2.86. The molecule has 3 heterocycles. The Bertz CT molecular complexity index is 1600. The summed E-state index contributed by atoms with van der Waals surface area (Å²) in [5, 5.41) is 0.204. The van der Waals surface area contributed by atoms with E-state index in [-0.39, 0.29) is 34.2 Å². The number of esters is 1. The third-order valence-corrected chi connectivity index (χ3v) is 5.86. The Morgan fingerprint density at radius 3 is 2.61 bits per heavy atom. The van der Waals surface area contributed by atoms with E-state index in [0.717, 1.165) is 24.5 Å². The highest BCUT2D eigenvalue weighted by Gasteiger charge is 2.20. The van der Waals surface area contributed by atoms with Crippen LogP contribution in [0, 0.1) is 12.7 Å². The number of aryl methyl sites for hydroxylation is 2. The number of carbonyl (C=O) groups excluding carboxylic acids is 2. The van der Waals surface area contributed by atoms with Crippen LogP contribution < -0.4 is 11.0 Å². The molecule has 186 valence electrons. The molecule has 1 amide bonds. The van der Waals surface area contributed by atoms with E-state index in [1.165, 1.54) is 28.7 Å². The SMILES string of the molecule is CCCCCn1c(=NC(=O)c2cccc(F)c2)c(C(=O)OCC)cc2c(=O)n3cccc(C)c3nc21. The number of hydrogen-bond acceptors (Lipinski definition) is 5. The molecule has 3 aromatic heterocycles. The lowest BCUT2D eigenvalue weighted by Gasteiger charge is -2.15. The molecule has 0 unspecified atom stereocenters. The Labute approximate surface area is 206 Å². The van der Waals surface area contributed by atoms with Crippen molar-refractivity contribution < 1.29 is 18.7 Å². The highest BCUT2D eigenvalue weighted by atomic mass is 19.1. The van der Waals surface area contributed by atoms with E-state index in [2.05, 4.69) is 11.9 Å². The Hall–Kier alpha value is -4.14. The second kappa shape index (κ2) is 10.6. The number of pyridine rings is 2. The summed E-state index contributed by atoms with van der Waals surface area (Å²) in [6.45, 7) is 6.02. The van der Waals surface area contributed by atoms with Crippen LogP contribution in [0.3, 0.4) is 0 Å². The largest absolute Gasteiger partial charge is 0.462 e. The second-order valence-corrected chi connectivity index (χ2v) is 8.43. The number of benzene rings is 1. The average molecular weight is 491 g/mol. The molecule has 0 radical (unpaired) electrons. The quantitative estimate of drug-likeness (QED) is 0.220. The molecule has 0 saturated carbocycles. The number of nitrogens with zero attached hydrogens (tertiary/aromatic N) is 4. The van der Waals surface area contributed by atoms with Crippen molar-refractivity contribution >= 4 is 28.6 Å². The summed E-state index contributed by atoms with van der Waals surface area (Å²) in [6.07, 6.45) is 4.13. The number of aromatic nitrogens is 3. The maximum Gasteiger partial charge on any atom is 0.341 e. The molecule has 0 aliphatic heterocycles. The second-order valence-electron chi connectivity index (χ2n) is 8.43. The lowest BCUT2D eigenvalue weighted by atomic mass is 10.1. The Balaban J connectivity index is 2.12. The van der Waals surface area contributed by atoms with Crippen LogP contribution in [-0.2, 0) is 11.3 Å². The molecule has 8 nitrogen and oxygen atoms in total.